The summed E-state index contributed by atoms with van der Waals surface area (Å²) in [5.41, 5.74) is 5.67. The van der Waals surface area contributed by atoms with Gasteiger partial charge >= 0.3 is 0 Å². The Balaban J connectivity index is 2.35. The fourth-order valence-corrected chi connectivity index (χ4v) is 2.73. The molecule has 1 saturated carbocycles. The quantitative estimate of drug-likeness (QED) is 0.728. The first-order chi connectivity index (χ1) is 8.71. The lowest BCUT2D eigenvalue weighted by Crippen LogP contribution is -2.42. The van der Waals surface area contributed by atoms with E-state index in [1.54, 1.807) is 7.11 Å². The number of hydrogen-bond donors (Lipinski definition) is 2. The third-order valence-electron chi connectivity index (χ3n) is 3.90. The van der Waals surface area contributed by atoms with E-state index in [1.165, 1.54) is 0 Å². The summed E-state index contributed by atoms with van der Waals surface area (Å²) < 4.78 is 5.15. The molecule has 1 aliphatic carbocycles. The Labute approximate surface area is 111 Å². The summed E-state index contributed by atoms with van der Waals surface area (Å²) in [7, 11) is 1.68. The molecule has 0 spiro atoms. The fourth-order valence-electron chi connectivity index (χ4n) is 2.73. The maximum atomic E-state index is 12.2. The van der Waals surface area contributed by atoms with Crippen molar-refractivity contribution < 1.29 is 9.53 Å². The number of carbonyl (C=O) groups is 1. The molecule has 4 nitrogen and oxygen atoms in total. The molecule has 1 atom stereocenters. The normalized spacial score (nSPS) is 25.7. The van der Waals surface area contributed by atoms with Gasteiger partial charge in [0.1, 0.15) is 0 Å². The van der Waals surface area contributed by atoms with Crippen LogP contribution in [0, 0.1) is 11.8 Å². The van der Waals surface area contributed by atoms with Gasteiger partial charge in [0.25, 0.3) is 0 Å². The SMILES string of the molecule is CCCC(COC)NC(=O)C1CCC(CN)CC1. The van der Waals surface area contributed by atoms with E-state index in [9.17, 15) is 4.79 Å². The Morgan fingerprint density at radius 1 is 1.39 bits per heavy atom. The van der Waals surface area contributed by atoms with Crippen LogP contribution in [0.3, 0.4) is 0 Å². The van der Waals surface area contributed by atoms with E-state index in [-0.39, 0.29) is 17.9 Å². The third-order valence-corrected chi connectivity index (χ3v) is 3.90. The molecular weight excluding hydrogens is 228 g/mol. The molecular formula is C14H28N2O2. The van der Waals surface area contributed by atoms with Crippen molar-refractivity contribution >= 4 is 5.91 Å². The minimum Gasteiger partial charge on any atom is -0.383 e. The molecule has 0 aromatic heterocycles. The van der Waals surface area contributed by atoms with Crippen LogP contribution in [0.4, 0.5) is 0 Å². The standard InChI is InChI=1S/C14H28N2O2/c1-3-4-13(10-18-2)16-14(17)12-7-5-11(9-15)6-8-12/h11-13H,3-10,15H2,1-2H3,(H,16,17). The van der Waals surface area contributed by atoms with E-state index >= 15 is 0 Å². The lowest BCUT2D eigenvalue weighted by atomic mass is 9.81. The van der Waals surface area contributed by atoms with Gasteiger partial charge in [-0.15, -0.1) is 0 Å². The van der Waals surface area contributed by atoms with Crippen molar-refractivity contribution in [3.8, 4) is 0 Å². The Hall–Kier alpha value is -0.610. The highest BCUT2D eigenvalue weighted by Crippen LogP contribution is 2.28. The third kappa shape index (κ3) is 4.94. The van der Waals surface area contributed by atoms with Crippen LogP contribution < -0.4 is 11.1 Å². The van der Waals surface area contributed by atoms with Crippen LogP contribution >= 0.6 is 0 Å². The zero-order valence-corrected chi connectivity index (χ0v) is 11.8. The minimum absolute atomic E-state index is 0.166. The lowest BCUT2D eigenvalue weighted by molar-refractivity contribution is -0.127. The molecule has 0 aliphatic heterocycles. The molecule has 1 fully saturated rings. The van der Waals surface area contributed by atoms with Crippen molar-refractivity contribution in [2.45, 2.75) is 51.5 Å². The summed E-state index contributed by atoms with van der Waals surface area (Å²) in [6.07, 6.45) is 6.21. The molecule has 106 valence electrons. The summed E-state index contributed by atoms with van der Waals surface area (Å²) in [4.78, 5) is 12.2. The predicted molar refractivity (Wildman–Crippen MR) is 73.2 cm³/mol. The molecule has 0 radical (unpaired) electrons. The van der Waals surface area contributed by atoms with Crippen molar-refractivity contribution in [2.75, 3.05) is 20.3 Å². The van der Waals surface area contributed by atoms with Crippen LogP contribution in [0.2, 0.25) is 0 Å². The molecule has 0 aromatic rings. The number of ether oxygens (including phenoxy) is 1. The molecule has 0 bridgehead atoms. The first-order valence-electron chi connectivity index (χ1n) is 7.20. The molecule has 1 aliphatic rings. The first kappa shape index (κ1) is 15.4. The maximum Gasteiger partial charge on any atom is 0.223 e. The predicted octanol–water partition coefficient (Wildman–Crippen LogP) is 1.68. The highest BCUT2D eigenvalue weighted by Gasteiger charge is 2.26. The molecule has 1 unspecified atom stereocenters. The second kappa shape index (κ2) is 8.48. The molecule has 1 rings (SSSR count). The number of methoxy groups -OCH3 is 1. The van der Waals surface area contributed by atoms with E-state index < -0.39 is 0 Å². The van der Waals surface area contributed by atoms with Crippen LogP contribution in [0.15, 0.2) is 0 Å². The fraction of sp³-hybridized carbons (Fsp3) is 0.929. The van der Waals surface area contributed by atoms with Gasteiger partial charge in [0, 0.05) is 13.0 Å². The number of rotatable bonds is 7. The Bertz CT molecular complexity index is 232. The topological polar surface area (TPSA) is 64.3 Å². The Kier molecular flexibility index (Phi) is 7.28. The van der Waals surface area contributed by atoms with E-state index in [0.717, 1.165) is 45.1 Å². The molecule has 1 amide bonds. The minimum atomic E-state index is 0.166. The number of amides is 1. The molecule has 0 heterocycles. The number of hydrogen-bond acceptors (Lipinski definition) is 3. The molecule has 4 heteroatoms. The van der Waals surface area contributed by atoms with E-state index in [0.29, 0.717) is 12.5 Å². The summed E-state index contributed by atoms with van der Waals surface area (Å²) in [6, 6.07) is 0.166. The molecule has 3 N–H and O–H groups in total. The maximum absolute atomic E-state index is 12.2. The van der Waals surface area contributed by atoms with Crippen molar-refractivity contribution in [3.05, 3.63) is 0 Å². The lowest BCUT2D eigenvalue weighted by Gasteiger charge is -2.28. The van der Waals surface area contributed by atoms with Crippen LogP contribution in [0.5, 0.6) is 0 Å². The average Bonchev–Trinajstić information content (AvgIpc) is 2.39. The molecule has 18 heavy (non-hydrogen) atoms. The van der Waals surface area contributed by atoms with Gasteiger partial charge in [-0.3, -0.25) is 4.79 Å². The van der Waals surface area contributed by atoms with Gasteiger partial charge in [-0.1, -0.05) is 13.3 Å². The van der Waals surface area contributed by atoms with Crippen molar-refractivity contribution in [1.82, 2.24) is 5.32 Å². The first-order valence-corrected chi connectivity index (χ1v) is 7.20. The molecule has 0 aromatic carbocycles. The van der Waals surface area contributed by atoms with E-state index in [1.807, 2.05) is 0 Å². The van der Waals surface area contributed by atoms with Crippen LogP contribution in [0.25, 0.3) is 0 Å². The van der Waals surface area contributed by atoms with Crippen molar-refractivity contribution in [2.24, 2.45) is 17.6 Å². The summed E-state index contributed by atoms with van der Waals surface area (Å²) in [6.45, 7) is 3.50. The van der Waals surface area contributed by atoms with Crippen molar-refractivity contribution in [1.29, 1.82) is 0 Å². The largest absolute Gasteiger partial charge is 0.383 e. The smallest absolute Gasteiger partial charge is 0.223 e. The van der Waals surface area contributed by atoms with Crippen LogP contribution in [0.1, 0.15) is 45.4 Å². The highest BCUT2D eigenvalue weighted by molar-refractivity contribution is 5.79. The number of carbonyl (C=O) groups excluding carboxylic acids is 1. The van der Waals surface area contributed by atoms with Gasteiger partial charge in [0.2, 0.25) is 5.91 Å². The second-order valence-corrected chi connectivity index (χ2v) is 5.40. The summed E-state index contributed by atoms with van der Waals surface area (Å²) in [5.74, 6) is 1.02. The van der Waals surface area contributed by atoms with E-state index in [4.69, 9.17) is 10.5 Å². The van der Waals surface area contributed by atoms with Crippen LogP contribution in [-0.2, 0) is 9.53 Å². The van der Waals surface area contributed by atoms with Gasteiger partial charge < -0.3 is 15.8 Å². The van der Waals surface area contributed by atoms with Crippen molar-refractivity contribution in [3.63, 3.8) is 0 Å². The summed E-state index contributed by atoms with van der Waals surface area (Å²) >= 11 is 0. The van der Waals surface area contributed by atoms with Gasteiger partial charge in [0.05, 0.1) is 12.6 Å². The van der Waals surface area contributed by atoms with Gasteiger partial charge in [-0.05, 0) is 44.6 Å². The summed E-state index contributed by atoms with van der Waals surface area (Å²) in [5, 5.41) is 3.13. The van der Waals surface area contributed by atoms with Gasteiger partial charge in [0.15, 0.2) is 0 Å². The Morgan fingerprint density at radius 2 is 2.06 bits per heavy atom. The van der Waals surface area contributed by atoms with E-state index in [2.05, 4.69) is 12.2 Å². The number of nitrogens with two attached hydrogens (primary N) is 1. The zero-order valence-electron chi connectivity index (χ0n) is 11.8. The number of nitrogens with one attached hydrogen (secondary N) is 1. The second-order valence-electron chi connectivity index (χ2n) is 5.40. The monoisotopic (exact) mass is 256 g/mol. The zero-order chi connectivity index (χ0) is 13.4. The highest BCUT2D eigenvalue weighted by atomic mass is 16.5. The average molecular weight is 256 g/mol. The van der Waals surface area contributed by atoms with Gasteiger partial charge in [-0.2, -0.15) is 0 Å². The van der Waals surface area contributed by atoms with Crippen LogP contribution in [-0.4, -0.2) is 32.2 Å². The molecule has 0 saturated heterocycles. The van der Waals surface area contributed by atoms with Gasteiger partial charge in [-0.25, -0.2) is 0 Å². The Morgan fingerprint density at radius 3 is 2.56 bits per heavy atom.